The van der Waals surface area contributed by atoms with Crippen LogP contribution >= 0.6 is 23.4 Å². The molecule has 0 spiro atoms. The molecule has 1 heterocycles. The van der Waals surface area contributed by atoms with E-state index in [1.54, 1.807) is 11.8 Å². The summed E-state index contributed by atoms with van der Waals surface area (Å²) in [6, 6.07) is 9.87. The third-order valence-corrected chi connectivity index (χ3v) is 4.29. The Morgan fingerprint density at radius 2 is 1.90 bits per heavy atom. The van der Waals surface area contributed by atoms with E-state index >= 15 is 0 Å². The van der Waals surface area contributed by atoms with Crippen LogP contribution in [0.5, 0.6) is 0 Å². The second-order valence-electron chi connectivity index (χ2n) is 5.80. The zero-order valence-electron chi connectivity index (χ0n) is 12.8. The molecule has 0 saturated heterocycles. The third kappa shape index (κ3) is 4.35. The minimum Gasteiger partial charge on any atom is -0.373 e. The molecule has 0 bridgehead atoms. The first-order valence-corrected chi connectivity index (χ1v) is 8.20. The van der Waals surface area contributed by atoms with Crippen LogP contribution in [0.15, 0.2) is 35.4 Å². The van der Waals surface area contributed by atoms with Crippen LogP contribution in [0.2, 0.25) is 5.02 Å². The summed E-state index contributed by atoms with van der Waals surface area (Å²) in [5, 5.41) is 4.85. The van der Waals surface area contributed by atoms with E-state index in [0.29, 0.717) is 0 Å². The van der Waals surface area contributed by atoms with Crippen molar-refractivity contribution in [2.75, 3.05) is 12.4 Å². The van der Waals surface area contributed by atoms with Crippen molar-refractivity contribution in [1.29, 1.82) is 0 Å². The molecule has 112 valence electrons. The normalized spacial score (nSPS) is 11.5. The van der Waals surface area contributed by atoms with E-state index in [1.807, 2.05) is 37.4 Å². The van der Waals surface area contributed by atoms with Crippen molar-refractivity contribution in [3.8, 4) is 0 Å². The summed E-state index contributed by atoms with van der Waals surface area (Å²) < 4.78 is 0. The van der Waals surface area contributed by atoms with Crippen LogP contribution in [-0.2, 0) is 11.2 Å². The van der Waals surface area contributed by atoms with Gasteiger partial charge in [0.25, 0.3) is 0 Å². The number of aromatic nitrogens is 2. The molecule has 1 N–H and O–H groups in total. The molecule has 0 atom stereocenters. The average molecular weight is 322 g/mol. The predicted octanol–water partition coefficient (Wildman–Crippen LogP) is 4.76. The van der Waals surface area contributed by atoms with Gasteiger partial charge in [0.15, 0.2) is 0 Å². The van der Waals surface area contributed by atoms with Gasteiger partial charge in [-0.05, 0) is 11.6 Å². The summed E-state index contributed by atoms with van der Waals surface area (Å²) in [6.07, 6.45) is 0. The Labute approximate surface area is 135 Å². The van der Waals surface area contributed by atoms with Gasteiger partial charge in [0.2, 0.25) is 0 Å². The number of thioether (sulfide) groups is 1. The summed E-state index contributed by atoms with van der Waals surface area (Å²) in [6.45, 7) is 6.35. The van der Waals surface area contributed by atoms with Crippen LogP contribution < -0.4 is 5.32 Å². The average Bonchev–Trinajstić information content (AvgIpc) is 2.45. The Hall–Kier alpha value is -1.26. The lowest BCUT2D eigenvalue weighted by Gasteiger charge is -2.18. The summed E-state index contributed by atoms with van der Waals surface area (Å²) >= 11 is 7.87. The molecule has 2 rings (SSSR count). The van der Waals surface area contributed by atoms with E-state index in [1.165, 1.54) is 0 Å². The number of benzene rings is 1. The molecule has 0 amide bonds. The van der Waals surface area contributed by atoms with Crippen LogP contribution in [-0.4, -0.2) is 17.0 Å². The first-order valence-electron chi connectivity index (χ1n) is 6.83. The van der Waals surface area contributed by atoms with Gasteiger partial charge in [-0.3, -0.25) is 0 Å². The molecule has 0 aliphatic carbocycles. The molecule has 2 aromatic rings. The van der Waals surface area contributed by atoms with E-state index in [0.717, 1.165) is 33.0 Å². The second kappa shape index (κ2) is 6.67. The minimum atomic E-state index is -0.0768. The number of halogens is 1. The van der Waals surface area contributed by atoms with E-state index in [4.69, 9.17) is 11.6 Å². The Balaban J connectivity index is 2.22. The quantitative estimate of drug-likeness (QED) is 0.650. The highest BCUT2D eigenvalue weighted by Crippen LogP contribution is 2.28. The van der Waals surface area contributed by atoms with Gasteiger partial charge in [-0.15, -0.1) is 11.8 Å². The van der Waals surface area contributed by atoms with Gasteiger partial charge in [-0.2, -0.15) is 0 Å². The summed E-state index contributed by atoms with van der Waals surface area (Å²) in [4.78, 5) is 9.20. The van der Waals surface area contributed by atoms with E-state index in [9.17, 15) is 0 Å². The largest absolute Gasteiger partial charge is 0.373 e. The second-order valence-corrected chi connectivity index (χ2v) is 7.20. The predicted molar refractivity (Wildman–Crippen MR) is 91.3 cm³/mol. The maximum absolute atomic E-state index is 6.19. The van der Waals surface area contributed by atoms with Crippen molar-refractivity contribution in [3.05, 3.63) is 46.7 Å². The fourth-order valence-electron chi connectivity index (χ4n) is 1.73. The van der Waals surface area contributed by atoms with Crippen LogP contribution in [0.4, 0.5) is 5.82 Å². The number of hydrogen-bond acceptors (Lipinski definition) is 4. The lowest BCUT2D eigenvalue weighted by atomic mass is 9.96. The van der Waals surface area contributed by atoms with E-state index < -0.39 is 0 Å². The van der Waals surface area contributed by atoms with Crippen molar-refractivity contribution in [2.45, 2.75) is 37.0 Å². The maximum Gasteiger partial charge on any atom is 0.137 e. The minimum absolute atomic E-state index is 0.0768. The molecular weight excluding hydrogens is 302 g/mol. The number of rotatable bonds is 4. The summed E-state index contributed by atoms with van der Waals surface area (Å²) in [5.74, 6) is 2.48. The monoisotopic (exact) mass is 321 g/mol. The first-order chi connectivity index (χ1) is 9.90. The van der Waals surface area contributed by atoms with E-state index in [-0.39, 0.29) is 5.41 Å². The maximum atomic E-state index is 6.19. The van der Waals surface area contributed by atoms with Crippen LogP contribution in [0, 0.1) is 0 Å². The van der Waals surface area contributed by atoms with Gasteiger partial charge in [0.05, 0.1) is 0 Å². The van der Waals surface area contributed by atoms with Crippen LogP contribution in [0.25, 0.3) is 0 Å². The fraction of sp³-hybridized carbons (Fsp3) is 0.375. The number of hydrogen-bond donors (Lipinski definition) is 1. The number of anilines is 1. The standard InChI is InChI=1S/C16H20ClN3S/c1-16(2,3)15-19-13(18-4)9-14(20-15)21-10-11-7-5-6-8-12(11)17/h5-9H,10H2,1-4H3,(H,18,19,20). The molecule has 0 saturated carbocycles. The zero-order valence-corrected chi connectivity index (χ0v) is 14.3. The topological polar surface area (TPSA) is 37.8 Å². The molecule has 0 aliphatic rings. The lowest BCUT2D eigenvalue weighted by Crippen LogP contribution is -2.17. The lowest BCUT2D eigenvalue weighted by molar-refractivity contribution is 0.539. The van der Waals surface area contributed by atoms with Gasteiger partial charge < -0.3 is 5.32 Å². The van der Waals surface area contributed by atoms with Crippen molar-refractivity contribution < 1.29 is 0 Å². The molecule has 0 radical (unpaired) electrons. The zero-order chi connectivity index (χ0) is 15.5. The van der Waals surface area contributed by atoms with Gasteiger partial charge in [-0.1, -0.05) is 50.6 Å². The molecule has 0 fully saturated rings. The SMILES string of the molecule is CNc1cc(SCc2ccccc2Cl)nc(C(C)(C)C)n1. The van der Waals surface area contributed by atoms with Crippen molar-refractivity contribution in [1.82, 2.24) is 9.97 Å². The Bertz CT molecular complexity index is 623. The van der Waals surface area contributed by atoms with E-state index in [2.05, 4.69) is 36.1 Å². The summed E-state index contributed by atoms with van der Waals surface area (Å²) in [5.41, 5.74) is 1.04. The Kier molecular flexibility index (Phi) is 5.12. The number of nitrogens with zero attached hydrogens (tertiary/aromatic N) is 2. The molecule has 5 heteroatoms. The molecule has 3 nitrogen and oxygen atoms in total. The molecule has 1 aromatic carbocycles. The van der Waals surface area contributed by atoms with Gasteiger partial charge in [-0.25, -0.2) is 9.97 Å². The van der Waals surface area contributed by atoms with Gasteiger partial charge in [0, 0.05) is 29.3 Å². The van der Waals surface area contributed by atoms with Crippen LogP contribution in [0.3, 0.4) is 0 Å². The molecule has 1 aromatic heterocycles. The fourth-order valence-corrected chi connectivity index (χ4v) is 2.91. The first kappa shape index (κ1) is 16.1. The summed E-state index contributed by atoms with van der Waals surface area (Å²) in [7, 11) is 1.87. The van der Waals surface area contributed by atoms with Gasteiger partial charge in [0.1, 0.15) is 16.7 Å². The van der Waals surface area contributed by atoms with Crippen molar-refractivity contribution in [2.24, 2.45) is 0 Å². The Morgan fingerprint density at radius 3 is 2.52 bits per heavy atom. The third-order valence-electron chi connectivity index (χ3n) is 2.96. The highest BCUT2D eigenvalue weighted by atomic mass is 35.5. The van der Waals surface area contributed by atoms with Gasteiger partial charge >= 0.3 is 0 Å². The Morgan fingerprint density at radius 1 is 1.19 bits per heavy atom. The molecular formula is C16H20ClN3S. The molecule has 21 heavy (non-hydrogen) atoms. The van der Waals surface area contributed by atoms with Crippen molar-refractivity contribution in [3.63, 3.8) is 0 Å². The highest BCUT2D eigenvalue weighted by molar-refractivity contribution is 7.98. The van der Waals surface area contributed by atoms with Crippen molar-refractivity contribution >= 4 is 29.2 Å². The van der Waals surface area contributed by atoms with Crippen LogP contribution in [0.1, 0.15) is 32.2 Å². The highest BCUT2D eigenvalue weighted by Gasteiger charge is 2.19. The number of nitrogens with one attached hydrogen (secondary N) is 1. The molecule has 0 aliphatic heterocycles. The molecule has 0 unspecified atom stereocenters. The smallest absolute Gasteiger partial charge is 0.137 e.